The molecule has 0 saturated carbocycles. The van der Waals surface area contributed by atoms with Crippen LogP contribution < -0.4 is 16.0 Å². The van der Waals surface area contributed by atoms with Crippen LogP contribution in [0.3, 0.4) is 0 Å². The van der Waals surface area contributed by atoms with Gasteiger partial charge < -0.3 is 19.9 Å². The highest BCUT2D eigenvalue weighted by molar-refractivity contribution is 6.76. The largest absolute Gasteiger partial charge is 0.361 e. The zero-order valence-corrected chi connectivity index (χ0v) is 19.9. The summed E-state index contributed by atoms with van der Waals surface area (Å²) in [5.74, 6) is 0.446. The summed E-state index contributed by atoms with van der Waals surface area (Å²) in [5, 5.41) is 9.01. The number of rotatable bonds is 7. The summed E-state index contributed by atoms with van der Waals surface area (Å²) in [6.45, 7) is 10.1. The molecule has 1 atom stereocenters. The van der Waals surface area contributed by atoms with E-state index < -0.39 is 8.07 Å². The number of hydrogen-bond donors (Lipinski definition) is 3. The molecule has 2 aromatic heterocycles. The second-order valence-corrected chi connectivity index (χ2v) is 13.9. The third-order valence-corrected chi connectivity index (χ3v) is 6.27. The maximum atomic E-state index is 12.1. The van der Waals surface area contributed by atoms with Gasteiger partial charge in [0, 0.05) is 33.5 Å². The van der Waals surface area contributed by atoms with Crippen molar-refractivity contribution in [1.82, 2.24) is 25.2 Å². The van der Waals surface area contributed by atoms with Crippen LogP contribution in [0.5, 0.6) is 0 Å². The number of piperidine rings is 1. The molecule has 11 heteroatoms. The molecule has 2 aromatic rings. The van der Waals surface area contributed by atoms with Gasteiger partial charge in [-0.1, -0.05) is 19.6 Å². The molecule has 1 unspecified atom stereocenters. The quantitative estimate of drug-likeness (QED) is 0.432. The molecular weight excluding hydrogens is 431 g/mol. The number of anilines is 1. The normalized spacial score (nSPS) is 16.6. The standard InChI is InChI=1S/C18H30N6O2Si.2ClH/c1-27(2,3)10-9-26-13-24-8-6-15-17(24)20-12-16(22-15)23-18(25)21-14-5-4-7-19-11-14;;/h6,8,12,14,19H,4-5,7,9-11,13H2,1-3H3,(H2,21,22,23,25);2*1H. The zero-order valence-electron chi connectivity index (χ0n) is 17.2. The average Bonchev–Trinajstić information content (AvgIpc) is 3.01. The van der Waals surface area contributed by atoms with Gasteiger partial charge in [0.1, 0.15) is 12.2 Å². The summed E-state index contributed by atoms with van der Waals surface area (Å²) in [5.41, 5.74) is 1.49. The maximum absolute atomic E-state index is 12.1. The van der Waals surface area contributed by atoms with E-state index in [2.05, 4.69) is 45.6 Å². The first-order valence-corrected chi connectivity index (χ1v) is 13.3. The fourth-order valence-corrected chi connectivity index (χ4v) is 3.74. The van der Waals surface area contributed by atoms with E-state index >= 15 is 0 Å². The Hall–Kier alpha value is -1.39. The Bertz CT molecular complexity index is 777. The molecule has 29 heavy (non-hydrogen) atoms. The van der Waals surface area contributed by atoms with Gasteiger partial charge in [0.2, 0.25) is 0 Å². The number of carbonyl (C=O) groups is 1. The molecule has 1 saturated heterocycles. The minimum absolute atomic E-state index is 0. The van der Waals surface area contributed by atoms with Crippen LogP contribution in [-0.2, 0) is 11.5 Å². The number of amides is 2. The highest BCUT2D eigenvalue weighted by Crippen LogP contribution is 2.15. The van der Waals surface area contributed by atoms with Crippen molar-refractivity contribution in [3.8, 4) is 0 Å². The van der Waals surface area contributed by atoms with Crippen molar-refractivity contribution in [1.29, 1.82) is 0 Å². The summed E-state index contributed by atoms with van der Waals surface area (Å²) in [4.78, 5) is 21.1. The van der Waals surface area contributed by atoms with Gasteiger partial charge in [-0.05, 0) is 31.5 Å². The van der Waals surface area contributed by atoms with Gasteiger partial charge in [-0.2, -0.15) is 0 Å². The van der Waals surface area contributed by atoms with Gasteiger partial charge in [-0.15, -0.1) is 24.8 Å². The molecule has 8 nitrogen and oxygen atoms in total. The van der Waals surface area contributed by atoms with Crippen molar-refractivity contribution >= 4 is 55.9 Å². The van der Waals surface area contributed by atoms with E-state index in [0.717, 1.165) is 49.7 Å². The Morgan fingerprint density at radius 3 is 2.86 bits per heavy atom. The molecule has 164 valence electrons. The predicted octanol–water partition coefficient (Wildman–Crippen LogP) is 3.46. The van der Waals surface area contributed by atoms with Crippen molar-refractivity contribution in [2.45, 2.75) is 51.3 Å². The number of halogens is 2. The third kappa shape index (κ3) is 8.10. The van der Waals surface area contributed by atoms with Crippen LogP contribution in [0.25, 0.3) is 11.2 Å². The van der Waals surface area contributed by atoms with E-state index in [9.17, 15) is 4.79 Å². The summed E-state index contributed by atoms with van der Waals surface area (Å²) in [6.07, 6.45) is 5.56. The van der Waals surface area contributed by atoms with Gasteiger partial charge >= 0.3 is 6.03 Å². The van der Waals surface area contributed by atoms with E-state index in [1.165, 1.54) is 0 Å². The number of hydrogen-bond acceptors (Lipinski definition) is 5. The highest BCUT2D eigenvalue weighted by atomic mass is 35.5. The van der Waals surface area contributed by atoms with Gasteiger partial charge in [-0.25, -0.2) is 14.8 Å². The Labute approximate surface area is 185 Å². The number of nitrogens with one attached hydrogen (secondary N) is 3. The first-order chi connectivity index (χ1) is 12.9. The van der Waals surface area contributed by atoms with Crippen LogP contribution >= 0.6 is 24.8 Å². The Balaban J connectivity index is 0.00000210. The second kappa shape index (κ2) is 11.7. The number of ether oxygens (including phenoxy) is 1. The lowest BCUT2D eigenvalue weighted by Gasteiger charge is -2.23. The molecule has 0 aromatic carbocycles. The SMILES string of the molecule is C[Si](C)(C)CCOCn1ccc2nc(NC(=O)NC3CCCNC3)cnc21.Cl.Cl. The number of carbonyl (C=O) groups excluding carboxylic acids is 1. The molecule has 0 radical (unpaired) electrons. The maximum Gasteiger partial charge on any atom is 0.320 e. The van der Waals surface area contributed by atoms with Crippen LogP contribution in [-0.4, -0.2) is 54.4 Å². The second-order valence-electron chi connectivity index (χ2n) is 8.24. The molecular formula is C18H32Cl2N6O2Si. The fourth-order valence-electron chi connectivity index (χ4n) is 2.98. The number of fused-ring (bicyclic) bond motifs is 1. The molecule has 3 N–H and O–H groups in total. The molecule has 1 fully saturated rings. The first-order valence-electron chi connectivity index (χ1n) is 9.59. The van der Waals surface area contributed by atoms with Crippen LogP contribution in [0, 0.1) is 0 Å². The molecule has 0 bridgehead atoms. The van der Waals surface area contributed by atoms with Gasteiger partial charge in [-0.3, -0.25) is 5.32 Å². The molecule has 1 aliphatic heterocycles. The first kappa shape index (κ1) is 25.6. The average molecular weight is 463 g/mol. The molecule has 2 amide bonds. The Kier molecular flexibility index (Phi) is 10.4. The van der Waals surface area contributed by atoms with E-state index in [1.54, 1.807) is 6.20 Å². The molecule has 3 rings (SSSR count). The summed E-state index contributed by atoms with van der Waals surface area (Å²) < 4.78 is 7.72. The summed E-state index contributed by atoms with van der Waals surface area (Å²) in [6, 6.07) is 2.94. The molecule has 0 spiro atoms. The van der Waals surface area contributed by atoms with Gasteiger partial charge in [0.25, 0.3) is 0 Å². The van der Waals surface area contributed by atoms with Crippen molar-refractivity contribution in [3.05, 3.63) is 18.5 Å². The minimum atomic E-state index is -1.08. The third-order valence-electron chi connectivity index (χ3n) is 4.56. The topological polar surface area (TPSA) is 93.1 Å². The lowest BCUT2D eigenvalue weighted by molar-refractivity contribution is 0.0899. The van der Waals surface area contributed by atoms with Crippen molar-refractivity contribution < 1.29 is 9.53 Å². The van der Waals surface area contributed by atoms with Crippen LogP contribution in [0.4, 0.5) is 10.6 Å². The van der Waals surface area contributed by atoms with E-state index in [-0.39, 0.29) is 36.9 Å². The smallest absolute Gasteiger partial charge is 0.320 e. The predicted molar refractivity (Wildman–Crippen MR) is 124 cm³/mol. The van der Waals surface area contributed by atoms with E-state index in [4.69, 9.17) is 4.74 Å². The summed E-state index contributed by atoms with van der Waals surface area (Å²) in [7, 11) is -1.08. The number of urea groups is 1. The van der Waals surface area contributed by atoms with Crippen LogP contribution in [0.15, 0.2) is 18.5 Å². The van der Waals surface area contributed by atoms with Crippen molar-refractivity contribution in [3.63, 3.8) is 0 Å². The molecule has 0 aliphatic carbocycles. The Morgan fingerprint density at radius 2 is 2.17 bits per heavy atom. The number of aromatic nitrogens is 3. The van der Waals surface area contributed by atoms with Crippen molar-refractivity contribution in [2.24, 2.45) is 0 Å². The number of nitrogens with zero attached hydrogens (tertiary/aromatic N) is 3. The highest BCUT2D eigenvalue weighted by Gasteiger charge is 2.16. The Morgan fingerprint density at radius 1 is 1.38 bits per heavy atom. The van der Waals surface area contributed by atoms with Gasteiger partial charge in [0.05, 0.1) is 6.20 Å². The fraction of sp³-hybridized carbons (Fsp3) is 0.611. The molecule has 3 heterocycles. The lowest BCUT2D eigenvalue weighted by atomic mass is 10.1. The lowest BCUT2D eigenvalue weighted by Crippen LogP contribution is -2.47. The van der Waals surface area contributed by atoms with Crippen LogP contribution in [0.2, 0.25) is 25.7 Å². The van der Waals surface area contributed by atoms with Crippen LogP contribution in [0.1, 0.15) is 12.8 Å². The van der Waals surface area contributed by atoms with Crippen molar-refractivity contribution in [2.75, 3.05) is 25.0 Å². The molecule has 1 aliphatic rings. The van der Waals surface area contributed by atoms with Gasteiger partial charge in [0.15, 0.2) is 11.5 Å². The van der Waals surface area contributed by atoms with E-state index in [1.807, 2.05) is 16.8 Å². The zero-order chi connectivity index (χ0) is 19.3. The minimum Gasteiger partial charge on any atom is -0.361 e. The van der Waals surface area contributed by atoms with E-state index in [0.29, 0.717) is 12.5 Å². The monoisotopic (exact) mass is 462 g/mol. The summed E-state index contributed by atoms with van der Waals surface area (Å²) >= 11 is 0.